The highest BCUT2D eigenvalue weighted by Gasteiger charge is 2.23. The van der Waals surface area contributed by atoms with Crippen molar-refractivity contribution in [3.05, 3.63) is 47.8 Å². The highest BCUT2D eigenvalue weighted by molar-refractivity contribution is 5.69. The van der Waals surface area contributed by atoms with Gasteiger partial charge in [-0.15, -0.1) is 0 Å². The van der Waals surface area contributed by atoms with Gasteiger partial charge in [-0.1, -0.05) is 0 Å². The van der Waals surface area contributed by atoms with Crippen LogP contribution in [0, 0.1) is 6.92 Å². The number of aromatic nitrogens is 2. The third kappa shape index (κ3) is 3.95. The number of aryl methyl sites for hydroxylation is 1. The second-order valence-electron chi connectivity index (χ2n) is 8.23. The maximum Gasteiger partial charge on any atom is 0.137 e. The number of benzene rings is 1. The zero-order valence-electron chi connectivity index (χ0n) is 17.9. The quantitative estimate of drug-likeness (QED) is 0.720. The van der Waals surface area contributed by atoms with Gasteiger partial charge >= 0.3 is 0 Å². The van der Waals surface area contributed by atoms with Crippen LogP contribution in [0.2, 0.25) is 0 Å². The minimum atomic E-state index is 0.586. The minimum absolute atomic E-state index is 0.586. The highest BCUT2D eigenvalue weighted by Crippen LogP contribution is 2.30. The summed E-state index contributed by atoms with van der Waals surface area (Å²) in [6.07, 6.45) is 4.38. The first-order valence-electron chi connectivity index (χ1n) is 10.3. The summed E-state index contributed by atoms with van der Waals surface area (Å²) in [6.45, 7) is 5.21. The summed E-state index contributed by atoms with van der Waals surface area (Å²) in [5.41, 5.74) is 12.2. The van der Waals surface area contributed by atoms with Crippen LogP contribution in [0.25, 0.3) is 16.9 Å². The Labute approximate surface area is 172 Å². The fraction of sp³-hybridized carbons (Fsp3) is 0.435. The normalized spacial score (nSPS) is 16.0. The van der Waals surface area contributed by atoms with Crippen LogP contribution in [0.1, 0.15) is 24.1 Å². The molecule has 0 amide bonds. The van der Waals surface area contributed by atoms with Gasteiger partial charge < -0.3 is 19.8 Å². The smallest absolute Gasteiger partial charge is 0.137 e. The Balaban J connectivity index is 1.73. The van der Waals surface area contributed by atoms with Crippen LogP contribution in [0.5, 0.6) is 5.75 Å². The Morgan fingerprint density at radius 3 is 2.66 bits per heavy atom. The largest absolute Gasteiger partial charge is 0.496 e. The predicted molar refractivity (Wildman–Crippen MR) is 118 cm³/mol. The van der Waals surface area contributed by atoms with E-state index in [1.165, 1.54) is 18.5 Å². The molecule has 0 spiro atoms. The molecule has 2 aromatic heterocycles. The summed E-state index contributed by atoms with van der Waals surface area (Å²) in [5.74, 6) is 0.895. The summed E-state index contributed by atoms with van der Waals surface area (Å²) >= 11 is 0. The van der Waals surface area contributed by atoms with Crippen LogP contribution < -0.4 is 10.5 Å². The molecule has 3 heterocycles. The van der Waals surface area contributed by atoms with E-state index in [1.54, 1.807) is 7.11 Å². The number of rotatable bonds is 5. The molecule has 1 aliphatic rings. The average molecular weight is 394 g/mol. The average Bonchev–Trinajstić information content (AvgIpc) is 3.06. The molecule has 6 nitrogen and oxygen atoms in total. The van der Waals surface area contributed by atoms with Crippen molar-refractivity contribution in [1.29, 1.82) is 0 Å². The molecule has 154 valence electrons. The Hall–Kier alpha value is -2.57. The van der Waals surface area contributed by atoms with Crippen LogP contribution in [-0.2, 0) is 6.54 Å². The van der Waals surface area contributed by atoms with Gasteiger partial charge in [0.1, 0.15) is 11.4 Å². The number of pyridine rings is 1. The fourth-order valence-electron chi connectivity index (χ4n) is 4.32. The van der Waals surface area contributed by atoms with E-state index in [1.807, 2.05) is 24.4 Å². The Morgan fingerprint density at radius 2 is 1.97 bits per heavy atom. The van der Waals surface area contributed by atoms with Crippen molar-refractivity contribution in [3.63, 3.8) is 0 Å². The molecule has 1 saturated heterocycles. The molecule has 3 aromatic rings. The van der Waals surface area contributed by atoms with Crippen molar-refractivity contribution >= 4 is 11.3 Å². The lowest BCUT2D eigenvalue weighted by molar-refractivity contribution is 0.138. The van der Waals surface area contributed by atoms with E-state index in [2.05, 4.69) is 47.4 Å². The standard InChI is InChI=1S/C23H31N5O/c1-16-13-17(5-7-21(16)29-4)23-20(28-14-18(24)6-8-22(28)25-23)15-27(3)19-9-11-26(2)12-10-19/h5-8,13-14,19H,9-12,15,24H2,1-4H3. The van der Waals surface area contributed by atoms with Gasteiger partial charge in [0.15, 0.2) is 0 Å². The molecular formula is C23H31N5O. The lowest BCUT2D eigenvalue weighted by atomic mass is 10.0. The van der Waals surface area contributed by atoms with E-state index >= 15 is 0 Å². The SMILES string of the molecule is COc1ccc(-c2nc3ccc(N)cn3c2CN(C)C2CCN(C)CC2)cc1C. The number of fused-ring (bicyclic) bond motifs is 1. The summed E-state index contributed by atoms with van der Waals surface area (Å²) in [7, 11) is 6.13. The van der Waals surface area contributed by atoms with Crippen LogP contribution in [-0.4, -0.2) is 59.5 Å². The maximum atomic E-state index is 6.11. The molecule has 0 bridgehead atoms. The Morgan fingerprint density at radius 1 is 1.21 bits per heavy atom. The molecule has 2 N–H and O–H groups in total. The number of likely N-dealkylation sites (tertiary alicyclic amines) is 1. The molecular weight excluding hydrogens is 362 g/mol. The number of imidazole rings is 1. The molecule has 1 aromatic carbocycles. The number of anilines is 1. The molecule has 0 radical (unpaired) electrons. The first kappa shape index (κ1) is 19.7. The summed E-state index contributed by atoms with van der Waals surface area (Å²) < 4.78 is 7.59. The van der Waals surface area contributed by atoms with Gasteiger partial charge in [-0.05, 0) is 82.8 Å². The maximum absolute atomic E-state index is 6.11. The predicted octanol–water partition coefficient (Wildman–Crippen LogP) is 3.43. The number of piperidine rings is 1. The molecule has 1 aliphatic heterocycles. The lowest BCUT2D eigenvalue weighted by Gasteiger charge is -2.35. The van der Waals surface area contributed by atoms with Gasteiger partial charge in [-0.25, -0.2) is 4.98 Å². The second-order valence-corrected chi connectivity index (χ2v) is 8.23. The van der Waals surface area contributed by atoms with Crippen molar-refractivity contribution < 1.29 is 4.74 Å². The Kier molecular flexibility index (Phi) is 5.48. The number of methoxy groups -OCH3 is 1. The molecule has 6 heteroatoms. The van der Waals surface area contributed by atoms with E-state index in [0.29, 0.717) is 6.04 Å². The molecule has 1 fully saturated rings. The van der Waals surface area contributed by atoms with Gasteiger partial charge in [-0.3, -0.25) is 4.90 Å². The fourth-order valence-corrected chi connectivity index (χ4v) is 4.32. The zero-order valence-corrected chi connectivity index (χ0v) is 17.9. The summed E-state index contributed by atoms with van der Waals surface area (Å²) in [5, 5.41) is 0. The lowest BCUT2D eigenvalue weighted by Crippen LogP contribution is -2.41. The number of ether oxygens (including phenoxy) is 1. The number of nitrogen functional groups attached to an aromatic ring is 1. The first-order valence-corrected chi connectivity index (χ1v) is 10.3. The number of hydrogen-bond donors (Lipinski definition) is 1. The minimum Gasteiger partial charge on any atom is -0.496 e. The second kappa shape index (κ2) is 8.05. The number of nitrogens with zero attached hydrogens (tertiary/aromatic N) is 4. The first-order chi connectivity index (χ1) is 14.0. The molecule has 4 rings (SSSR count). The van der Waals surface area contributed by atoms with E-state index in [9.17, 15) is 0 Å². The van der Waals surface area contributed by atoms with E-state index < -0.39 is 0 Å². The van der Waals surface area contributed by atoms with Crippen molar-refractivity contribution in [2.45, 2.75) is 32.4 Å². The number of nitrogens with two attached hydrogens (primary N) is 1. The van der Waals surface area contributed by atoms with Gasteiger partial charge in [-0.2, -0.15) is 0 Å². The molecule has 0 saturated carbocycles. The van der Waals surface area contributed by atoms with Crippen molar-refractivity contribution in [3.8, 4) is 17.0 Å². The Bertz CT molecular complexity index is 1000. The summed E-state index contributed by atoms with van der Waals surface area (Å²) in [6, 6.07) is 10.8. The molecule has 0 aliphatic carbocycles. The van der Waals surface area contributed by atoms with Gasteiger partial charge in [0.2, 0.25) is 0 Å². The van der Waals surface area contributed by atoms with E-state index in [0.717, 1.165) is 53.5 Å². The van der Waals surface area contributed by atoms with E-state index in [4.69, 9.17) is 15.5 Å². The van der Waals surface area contributed by atoms with Crippen LogP contribution in [0.15, 0.2) is 36.5 Å². The van der Waals surface area contributed by atoms with Gasteiger partial charge in [0.05, 0.1) is 18.5 Å². The third-order valence-electron chi connectivity index (χ3n) is 6.12. The third-order valence-corrected chi connectivity index (χ3v) is 6.12. The monoisotopic (exact) mass is 393 g/mol. The van der Waals surface area contributed by atoms with Gasteiger partial charge in [0.25, 0.3) is 0 Å². The molecule has 29 heavy (non-hydrogen) atoms. The topological polar surface area (TPSA) is 59.0 Å². The highest BCUT2D eigenvalue weighted by atomic mass is 16.5. The molecule has 0 atom stereocenters. The van der Waals surface area contributed by atoms with Crippen LogP contribution in [0.3, 0.4) is 0 Å². The van der Waals surface area contributed by atoms with Crippen LogP contribution >= 0.6 is 0 Å². The van der Waals surface area contributed by atoms with Crippen molar-refractivity contribution in [2.24, 2.45) is 0 Å². The van der Waals surface area contributed by atoms with Crippen LogP contribution in [0.4, 0.5) is 5.69 Å². The van der Waals surface area contributed by atoms with Crippen molar-refractivity contribution in [2.75, 3.05) is 40.0 Å². The zero-order chi connectivity index (χ0) is 20.5. The van der Waals surface area contributed by atoms with Gasteiger partial charge in [0, 0.05) is 30.0 Å². The molecule has 0 unspecified atom stereocenters. The number of hydrogen-bond acceptors (Lipinski definition) is 5. The van der Waals surface area contributed by atoms with Crippen molar-refractivity contribution in [1.82, 2.24) is 19.2 Å². The van der Waals surface area contributed by atoms with E-state index in [-0.39, 0.29) is 0 Å². The summed E-state index contributed by atoms with van der Waals surface area (Å²) in [4.78, 5) is 9.84.